The molecule has 1 aliphatic heterocycles. The van der Waals surface area contributed by atoms with E-state index in [-0.39, 0.29) is 6.61 Å². The summed E-state index contributed by atoms with van der Waals surface area (Å²) < 4.78 is 13.4. The second-order valence-electron chi connectivity index (χ2n) is 7.65. The minimum absolute atomic E-state index is 0.237. The van der Waals surface area contributed by atoms with Crippen LogP contribution in [0, 0.1) is 0 Å². The van der Waals surface area contributed by atoms with E-state index in [1.54, 1.807) is 16.8 Å². The van der Waals surface area contributed by atoms with Crippen molar-refractivity contribution in [3.05, 3.63) is 81.2 Å². The van der Waals surface area contributed by atoms with Crippen molar-refractivity contribution in [2.45, 2.75) is 39.3 Å². The summed E-state index contributed by atoms with van der Waals surface area (Å²) >= 11 is 12.3. The number of para-hydroxylation sites is 1. The molecule has 0 fully saturated rings. The van der Waals surface area contributed by atoms with E-state index in [0.29, 0.717) is 39.6 Å². The largest absolute Gasteiger partial charge is 0.488 e. The zero-order valence-electron chi connectivity index (χ0n) is 18.3. The number of ether oxygens (including phenoxy) is 2. The predicted octanol–water partition coefficient (Wildman–Crippen LogP) is 5.80. The zero-order chi connectivity index (χ0) is 23.4. The average Bonchev–Trinajstić information content (AvgIpc) is 3.26. The van der Waals surface area contributed by atoms with E-state index in [0.717, 1.165) is 24.0 Å². The number of nitrogens with zero attached hydrogens (tertiary/aromatic N) is 3. The monoisotopic (exact) mass is 486 g/mol. The Morgan fingerprint density at radius 3 is 2.82 bits per heavy atom. The number of anilines is 1. The van der Waals surface area contributed by atoms with Gasteiger partial charge in [-0.05, 0) is 31.5 Å². The quantitative estimate of drug-likeness (QED) is 0.320. The number of hydrogen-bond acceptors (Lipinski definition) is 6. The van der Waals surface area contributed by atoms with Crippen molar-refractivity contribution < 1.29 is 14.3 Å². The second-order valence-corrected chi connectivity index (χ2v) is 8.49. The first-order valence-corrected chi connectivity index (χ1v) is 11.4. The minimum atomic E-state index is -0.560. The van der Waals surface area contributed by atoms with Crippen LogP contribution in [-0.4, -0.2) is 27.3 Å². The highest BCUT2D eigenvalue weighted by Crippen LogP contribution is 2.39. The smallest absolute Gasteiger partial charge is 0.338 e. The van der Waals surface area contributed by atoms with Gasteiger partial charge in [-0.2, -0.15) is 10.1 Å². The van der Waals surface area contributed by atoms with Crippen LogP contribution in [0.25, 0.3) is 0 Å². The molecule has 2 heterocycles. The first kappa shape index (κ1) is 23.1. The molecule has 1 unspecified atom stereocenters. The third kappa shape index (κ3) is 4.99. The maximum atomic E-state index is 13.1. The van der Waals surface area contributed by atoms with Crippen LogP contribution in [0.3, 0.4) is 0 Å². The molecule has 0 saturated carbocycles. The number of carbonyl (C=O) groups is 1. The van der Waals surface area contributed by atoms with Crippen LogP contribution in [0.1, 0.15) is 43.9 Å². The van der Waals surface area contributed by atoms with Gasteiger partial charge in [0.05, 0.1) is 12.2 Å². The van der Waals surface area contributed by atoms with Crippen LogP contribution >= 0.6 is 23.2 Å². The molecule has 2 aromatic carbocycles. The lowest BCUT2D eigenvalue weighted by Gasteiger charge is -2.29. The first-order valence-electron chi connectivity index (χ1n) is 10.7. The summed E-state index contributed by atoms with van der Waals surface area (Å²) in [7, 11) is 0. The third-order valence-electron chi connectivity index (χ3n) is 5.36. The van der Waals surface area contributed by atoms with Crippen LogP contribution < -0.4 is 10.1 Å². The van der Waals surface area contributed by atoms with Gasteiger partial charge in [-0.25, -0.2) is 9.48 Å². The zero-order valence-corrected chi connectivity index (χ0v) is 19.9. The lowest BCUT2D eigenvalue weighted by molar-refractivity contribution is -0.139. The Balaban J connectivity index is 1.69. The van der Waals surface area contributed by atoms with Crippen molar-refractivity contribution in [2.75, 3.05) is 11.9 Å². The van der Waals surface area contributed by atoms with Crippen molar-refractivity contribution in [3.63, 3.8) is 0 Å². The topological polar surface area (TPSA) is 78.3 Å². The fraction of sp³-hybridized carbons (Fsp3) is 0.292. The van der Waals surface area contributed by atoms with Gasteiger partial charge >= 0.3 is 5.97 Å². The Kier molecular flexibility index (Phi) is 7.20. The molecule has 1 aliphatic rings. The van der Waals surface area contributed by atoms with Crippen molar-refractivity contribution in [1.29, 1.82) is 0 Å². The first-order chi connectivity index (χ1) is 16.0. The maximum absolute atomic E-state index is 13.1. The summed E-state index contributed by atoms with van der Waals surface area (Å²) in [5.41, 5.74) is 2.69. The number of unbranched alkanes of at least 4 members (excludes halogenated alkanes) is 1. The standard InChI is InChI=1S/C24H24Cl2N4O3/c1-3-4-11-32-23(31)21-15(2)29-24-27-14-28-30(24)22(21)18-7-5-6-8-20(18)33-13-16-9-10-17(25)12-19(16)26/h5-10,12,14,22H,3-4,11,13H2,1-2H3,(H,27,28,29). The van der Waals surface area contributed by atoms with Gasteiger partial charge in [0.25, 0.3) is 0 Å². The van der Waals surface area contributed by atoms with Gasteiger partial charge in [0.15, 0.2) is 0 Å². The molecule has 1 atom stereocenters. The molecule has 4 rings (SSSR count). The number of rotatable bonds is 8. The van der Waals surface area contributed by atoms with Crippen LogP contribution in [-0.2, 0) is 16.1 Å². The number of aromatic nitrogens is 3. The summed E-state index contributed by atoms with van der Waals surface area (Å²) in [6, 6.07) is 12.2. The summed E-state index contributed by atoms with van der Waals surface area (Å²) in [6.45, 7) is 4.47. The lowest BCUT2D eigenvalue weighted by Crippen LogP contribution is -2.30. The fourth-order valence-electron chi connectivity index (χ4n) is 3.66. The number of benzene rings is 2. The van der Waals surface area contributed by atoms with Gasteiger partial charge < -0.3 is 14.8 Å². The Morgan fingerprint density at radius 2 is 2.03 bits per heavy atom. The van der Waals surface area contributed by atoms with E-state index in [4.69, 9.17) is 32.7 Å². The summed E-state index contributed by atoms with van der Waals surface area (Å²) in [4.78, 5) is 17.4. The van der Waals surface area contributed by atoms with Crippen molar-refractivity contribution in [1.82, 2.24) is 14.8 Å². The molecule has 0 aliphatic carbocycles. The third-order valence-corrected chi connectivity index (χ3v) is 5.94. The summed E-state index contributed by atoms with van der Waals surface area (Å²) in [5, 5.41) is 8.60. The normalized spacial score (nSPS) is 15.1. The van der Waals surface area contributed by atoms with Crippen LogP contribution in [0.4, 0.5) is 5.95 Å². The summed E-state index contributed by atoms with van der Waals surface area (Å²) in [6.07, 6.45) is 3.18. The molecule has 1 N–H and O–H groups in total. The number of esters is 1. The molecule has 0 amide bonds. The van der Waals surface area contributed by atoms with Gasteiger partial charge in [0.1, 0.15) is 24.7 Å². The predicted molar refractivity (Wildman–Crippen MR) is 128 cm³/mol. The van der Waals surface area contributed by atoms with E-state index in [9.17, 15) is 4.79 Å². The van der Waals surface area contributed by atoms with E-state index in [2.05, 4.69) is 15.4 Å². The van der Waals surface area contributed by atoms with Crippen molar-refractivity contribution >= 4 is 35.1 Å². The van der Waals surface area contributed by atoms with E-state index >= 15 is 0 Å². The summed E-state index contributed by atoms with van der Waals surface area (Å²) in [5.74, 6) is 0.747. The van der Waals surface area contributed by atoms with Crippen LogP contribution in [0.2, 0.25) is 10.0 Å². The number of fused-ring (bicyclic) bond motifs is 1. The number of hydrogen-bond donors (Lipinski definition) is 1. The van der Waals surface area contributed by atoms with E-state index in [1.165, 1.54) is 6.33 Å². The molecule has 0 radical (unpaired) electrons. The molecule has 0 saturated heterocycles. The van der Waals surface area contributed by atoms with Gasteiger partial charge in [0, 0.05) is 26.9 Å². The van der Waals surface area contributed by atoms with E-state index < -0.39 is 12.0 Å². The molecule has 0 spiro atoms. The van der Waals surface area contributed by atoms with Gasteiger partial charge in [0.2, 0.25) is 5.95 Å². The Morgan fingerprint density at radius 1 is 1.21 bits per heavy atom. The van der Waals surface area contributed by atoms with Gasteiger partial charge in [-0.1, -0.05) is 60.8 Å². The highest BCUT2D eigenvalue weighted by atomic mass is 35.5. The number of halogens is 2. The number of nitrogens with one attached hydrogen (secondary N) is 1. The molecule has 0 bridgehead atoms. The molecule has 3 aromatic rings. The van der Waals surface area contributed by atoms with Crippen LogP contribution in [0.15, 0.2) is 60.1 Å². The fourth-order valence-corrected chi connectivity index (χ4v) is 4.12. The maximum Gasteiger partial charge on any atom is 0.338 e. The Hall–Kier alpha value is -3.03. The van der Waals surface area contributed by atoms with E-state index in [1.807, 2.05) is 44.2 Å². The lowest BCUT2D eigenvalue weighted by atomic mass is 9.95. The minimum Gasteiger partial charge on any atom is -0.488 e. The number of carbonyl (C=O) groups excluding carboxylic acids is 1. The van der Waals surface area contributed by atoms with Crippen molar-refractivity contribution in [2.24, 2.45) is 0 Å². The Bertz CT molecular complexity index is 1190. The molecule has 33 heavy (non-hydrogen) atoms. The van der Waals surface area contributed by atoms with Gasteiger partial charge in [-0.15, -0.1) is 0 Å². The average molecular weight is 487 g/mol. The number of allylic oxidation sites excluding steroid dienone is 1. The highest BCUT2D eigenvalue weighted by molar-refractivity contribution is 6.35. The molecule has 172 valence electrons. The molecular weight excluding hydrogens is 463 g/mol. The van der Waals surface area contributed by atoms with Gasteiger partial charge in [-0.3, -0.25) is 0 Å². The molecule has 9 heteroatoms. The molecule has 1 aromatic heterocycles. The molecule has 7 nitrogen and oxygen atoms in total. The van der Waals surface area contributed by atoms with Crippen molar-refractivity contribution in [3.8, 4) is 5.75 Å². The molecular formula is C24H24Cl2N4O3. The van der Waals surface area contributed by atoms with Crippen LogP contribution in [0.5, 0.6) is 5.75 Å². The SMILES string of the molecule is CCCCOC(=O)C1=C(C)Nc2ncnn2C1c1ccccc1OCc1ccc(Cl)cc1Cl. The Labute approximate surface area is 202 Å². The highest BCUT2D eigenvalue weighted by Gasteiger charge is 2.36. The second kappa shape index (κ2) is 10.3.